The molecule has 1 aliphatic heterocycles. The zero-order valence-corrected chi connectivity index (χ0v) is 13.3. The fraction of sp³-hybridized carbons (Fsp3) is 0.692. The number of ether oxygens (including phenoxy) is 1. The van der Waals surface area contributed by atoms with Crippen molar-refractivity contribution in [3.8, 4) is 0 Å². The molecule has 0 saturated carbocycles. The smallest absolute Gasteiger partial charge is 0.161 e. The maximum absolute atomic E-state index is 5.83. The standard InChI is InChI=1S/C13H21BrN4O/c1-4-5-18-6-7-19-10(8-18)12-16-9(2)11(14)13(15-3)17-12/h10H,4-8H2,1-3H3,(H,15,16,17). The predicted octanol–water partition coefficient (Wildman–Crippen LogP) is 2.37. The van der Waals surface area contributed by atoms with Gasteiger partial charge in [-0.25, -0.2) is 9.97 Å². The van der Waals surface area contributed by atoms with Crippen LogP contribution in [0, 0.1) is 6.92 Å². The minimum atomic E-state index is -0.0285. The molecule has 1 aromatic heterocycles. The summed E-state index contributed by atoms with van der Waals surface area (Å²) < 4.78 is 6.74. The Bertz CT molecular complexity index is 439. The third kappa shape index (κ3) is 3.43. The molecule has 0 radical (unpaired) electrons. The summed E-state index contributed by atoms with van der Waals surface area (Å²) in [6, 6.07) is 0. The number of hydrogen-bond donors (Lipinski definition) is 1. The fourth-order valence-corrected chi connectivity index (χ4v) is 2.64. The van der Waals surface area contributed by atoms with E-state index in [4.69, 9.17) is 4.74 Å². The van der Waals surface area contributed by atoms with E-state index >= 15 is 0 Å². The molecule has 1 aliphatic rings. The van der Waals surface area contributed by atoms with E-state index in [-0.39, 0.29) is 6.10 Å². The van der Waals surface area contributed by atoms with Gasteiger partial charge in [0.15, 0.2) is 5.82 Å². The molecule has 6 heteroatoms. The lowest BCUT2D eigenvalue weighted by atomic mass is 10.2. The fourth-order valence-electron chi connectivity index (χ4n) is 2.27. The van der Waals surface area contributed by atoms with Crippen LogP contribution in [-0.2, 0) is 4.74 Å². The maximum Gasteiger partial charge on any atom is 0.161 e. The Morgan fingerprint density at radius 2 is 2.26 bits per heavy atom. The lowest BCUT2D eigenvalue weighted by Gasteiger charge is -2.32. The molecule has 0 spiro atoms. The third-order valence-corrected chi connectivity index (χ3v) is 4.20. The van der Waals surface area contributed by atoms with E-state index in [1.165, 1.54) is 0 Å². The Labute approximate surface area is 122 Å². The van der Waals surface area contributed by atoms with Gasteiger partial charge in [-0.15, -0.1) is 0 Å². The van der Waals surface area contributed by atoms with Gasteiger partial charge in [-0.2, -0.15) is 0 Å². The normalized spacial score (nSPS) is 20.5. The van der Waals surface area contributed by atoms with Gasteiger partial charge in [-0.3, -0.25) is 4.90 Å². The van der Waals surface area contributed by atoms with E-state index in [0.29, 0.717) is 0 Å². The summed E-state index contributed by atoms with van der Waals surface area (Å²) in [5.41, 5.74) is 0.936. The third-order valence-electron chi connectivity index (χ3n) is 3.25. The van der Waals surface area contributed by atoms with Gasteiger partial charge in [0.1, 0.15) is 11.9 Å². The first-order valence-electron chi connectivity index (χ1n) is 6.71. The number of halogens is 1. The summed E-state index contributed by atoms with van der Waals surface area (Å²) in [7, 11) is 1.86. The summed E-state index contributed by atoms with van der Waals surface area (Å²) in [5.74, 6) is 1.59. The van der Waals surface area contributed by atoms with E-state index in [0.717, 1.165) is 54.5 Å². The molecule has 1 fully saturated rings. The Hall–Kier alpha value is -0.720. The second kappa shape index (κ2) is 6.63. The van der Waals surface area contributed by atoms with Crippen LogP contribution in [0.4, 0.5) is 5.82 Å². The number of nitrogens with zero attached hydrogens (tertiary/aromatic N) is 3. The van der Waals surface area contributed by atoms with Gasteiger partial charge in [-0.05, 0) is 35.8 Å². The van der Waals surface area contributed by atoms with Gasteiger partial charge in [0.25, 0.3) is 0 Å². The van der Waals surface area contributed by atoms with Crippen molar-refractivity contribution in [2.45, 2.75) is 26.4 Å². The average Bonchev–Trinajstić information content (AvgIpc) is 2.42. The molecule has 106 valence electrons. The second-order valence-electron chi connectivity index (χ2n) is 4.74. The van der Waals surface area contributed by atoms with Gasteiger partial charge >= 0.3 is 0 Å². The van der Waals surface area contributed by atoms with Gasteiger partial charge < -0.3 is 10.1 Å². The number of rotatable bonds is 4. The van der Waals surface area contributed by atoms with Crippen molar-refractivity contribution in [1.29, 1.82) is 0 Å². The first-order valence-corrected chi connectivity index (χ1v) is 7.50. The van der Waals surface area contributed by atoms with E-state index in [9.17, 15) is 0 Å². The Morgan fingerprint density at radius 3 is 2.95 bits per heavy atom. The average molecular weight is 329 g/mol. The lowest BCUT2D eigenvalue weighted by Crippen LogP contribution is -2.39. The number of morpholine rings is 1. The monoisotopic (exact) mass is 328 g/mol. The van der Waals surface area contributed by atoms with Crippen LogP contribution in [0.2, 0.25) is 0 Å². The van der Waals surface area contributed by atoms with Gasteiger partial charge in [0, 0.05) is 20.1 Å². The quantitative estimate of drug-likeness (QED) is 0.919. The highest BCUT2D eigenvalue weighted by atomic mass is 79.9. The molecule has 0 aromatic carbocycles. The molecule has 1 aromatic rings. The Morgan fingerprint density at radius 1 is 1.47 bits per heavy atom. The first kappa shape index (κ1) is 14.7. The van der Waals surface area contributed by atoms with Crippen molar-refractivity contribution in [2.75, 3.05) is 38.6 Å². The Kier molecular flexibility index (Phi) is 5.13. The van der Waals surface area contributed by atoms with Crippen LogP contribution in [0.15, 0.2) is 4.47 Å². The van der Waals surface area contributed by atoms with Crippen molar-refractivity contribution >= 4 is 21.7 Å². The predicted molar refractivity (Wildman–Crippen MR) is 79.4 cm³/mol. The molecule has 1 atom stereocenters. The maximum atomic E-state index is 5.83. The van der Waals surface area contributed by atoms with Crippen LogP contribution in [0.5, 0.6) is 0 Å². The molecule has 1 unspecified atom stereocenters. The molecule has 0 amide bonds. The first-order chi connectivity index (χ1) is 9.15. The van der Waals surface area contributed by atoms with Crippen molar-refractivity contribution in [3.05, 3.63) is 16.0 Å². The molecule has 0 bridgehead atoms. The van der Waals surface area contributed by atoms with Gasteiger partial charge in [0.2, 0.25) is 0 Å². The highest BCUT2D eigenvalue weighted by Gasteiger charge is 2.25. The second-order valence-corrected chi connectivity index (χ2v) is 5.53. The van der Waals surface area contributed by atoms with Crippen LogP contribution in [0.25, 0.3) is 0 Å². The molecular weight excluding hydrogens is 308 g/mol. The number of anilines is 1. The van der Waals surface area contributed by atoms with Crippen molar-refractivity contribution in [1.82, 2.24) is 14.9 Å². The molecule has 5 nitrogen and oxygen atoms in total. The summed E-state index contributed by atoms with van der Waals surface area (Å²) in [4.78, 5) is 11.5. The highest BCUT2D eigenvalue weighted by Crippen LogP contribution is 2.27. The lowest BCUT2D eigenvalue weighted by molar-refractivity contribution is -0.0342. The van der Waals surface area contributed by atoms with Gasteiger partial charge in [-0.1, -0.05) is 6.92 Å². The minimum Gasteiger partial charge on any atom is -0.372 e. The number of nitrogens with one attached hydrogen (secondary N) is 1. The molecule has 1 saturated heterocycles. The van der Waals surface area contributed by atoms with Crippen LogP contribution in [0.1, 0.15) is 31.0 Å². The number of aryl methyl sites for hydroxylation is 1. The molecule has 1 N–H and O–H groups in total. The molecule has 0 aliphatic carbocycles. The summed E-state index contributed by atoms with van der Waals surface area (Å²) in [6.45, 7) is 7.90. The molecule has 2 rings (SSSR count). The van der Waals surface area contributed by atoms with Crippen LogP contribution in [-0.4, -0.2) is 48.2 Å². The zero-order valence-electron chi connectivity index (χ0n) is 11.7. The van der Waals surface area contributed by atoms with Crippen molar-refractivity contribution in [2.24, 2.45) is 0 Å². The summed E-state index contributed by atoms with van der Waals surface area (Å²) in [6.07, 6.45) is 1.13. The van der Waals surface area contributed by atoms with Crippen LogP contribution >= 0.6 is 15.9 Å². The Balaban J connectivity index is 2.19. The van der Waals surface area contributed by atoms with Crippen molar-refractivity contribution < 1.29 is 4.74 Å². The van der Waals surface area contributed by atoms with E-state index in [1.54, 1.807) is 0 Å². The molecular formula is C13H21BrN4O. The summed E-state index contributed by atoms with van der Waals surface area (Å²) >= 11 is 3.50. The van der Waals surface area contributed by atoms with Crippen LogP contribution < -0.4 is 5.32 Å². The number of hydrogen-bond acceptors (Lipinski definition) is 5. The van der Waals surface area contributed by atoms with E-state index in [1.807, 2.05) is 14.0 Å². The zero-order chi connectivity index (χ0) is 13.8. The summed E-state index contributed by atoms with van der Waals surface area (Å²) in [5, 5.41) is 3.08. The molecule has 19 heavy (non-hydrogen) atoms. The molecule has 2 heterocycles. The number of aromatic nitrogens is 2. The largest absolute Gasteiger partial charge is 0.372 e. The topological polar surface area (TPSA) is 50.3 Å². The van der Waals surface area contributed by atoms with Crippen molar-refractivity contribution in [3.63, 3.8) is 0 Å². The SMILES string of the molecule is CCCN1CCOC(c2nc(C)c(Br)c(NC)n2)C1. The van der Waals surface area contributed by atoms with Crippen LogP contribution in [0.3, 0.4) is 0 Å². The van der Waals surface area contributed by atoms with E-state index in [2.05, 4.69) is 43.0 Å². The minimum absolute atomic E-state index is 0.0285. The van der Waals surface area contributed by atoms with Gasteiger partial charge in [0.05, 0.1) is 16.8 Å². The van der Waals surface area contributed by atoms with E-state index < -0.39 is 0 Å². The highest BCUT2D eigenvalue weighted by molar-refractivity contribution is 9.10.